The predicted molar refractivity (Wildman–Crippen MR) is 104 cm³/mol. The highest BCUT2D eigenvalue weighted by Crippen LogP contribution is 2.18. The highest BCUT2D eigenvalue weighted by Gasteiger charge is 2.30. The number of nitrogens with zero attached hydrogens (tertiary/aromatic N) is 1. The molecule has 0 atom stereocenters. The number of halogens is 1. The van der Waals surface area contributed by atoms with E-state index in [0.29, 0.717) is 22.9 Å². The van der Waals surface area contributed by atoms with Crippen molar-refractivity contribution in [2.45, 2.75) is 6.61 Å². The summed E-state index contributed by atoms with van der Waals surface area (Å²) in [5.74, 6) is -0.247. The highest BCUT2D eigenvalue weighted by molar-refractivity contribution is 7.80. The van der Waals surface area contributed by atoms with Gasteiger partial charge in [-0.15, -0.1) is 0 Å². The van der Waals surface area contributed by atoms with E-state index in [1.807, 2.05) is 24.3 Å². The number of likely N-dealkylation sites (N-methyl/N-ethyl adjacent to an activating group) is 1. The summed E-state index contributed by atoms with van der Waals surface area (Å²) >= 11 is 10.8. The van der Waals surface area contributed by atoms with Crippen LogP contribution in [0.25, 0.3) is 6.08 Å². The summed E-state index contributed by atoms with van der Waals surface area (Å²) in [5, 5.41) is 3.26. The van der Waals surface area contributed by atoms with E-state index >= 15 is 0 Å². The van der Waals surface area contributed by atoms with E-state index in [1.54, 1.807) is 24.3 Å². The van der Waals surface area contributed by atoms with E-state index in [0.717, 1.165) is 5.56 Å². The summed E-state index contributed by atoms with van der Waals surface area (Å²) in [6.45, 7) is 0.417. The van der Waals surface area contributed by atoms with Crippen LogP contribution in [0, 0.1) is 0 Å². The summed E-state index contributed by atoms with van der Waals surface area (Å²) < 4.78 is 5.71. The van der Waals surface area contributed by atoms with Crippen LogP contribution >= 0.6 is 23.8 Å². The van der Waals surface area contributed by atoms with Gasteiger partial charge in [0.25, 0.3) is 11.8 Å². The Morgan fingerprint density at radius 2 is 1.77 bits per heavy atom. The standard InChI is InChI=1S/C19H15ClN2O3S/c1-22-18(24)16(17(23)21-19(22)26)10-12-4-8-15(9-5-12)25-11-13-2-6-14(20)7-3-13/h2-10H,11H2,1H3,(H,21,23,26)/b16-10+. The van der Waals surface area contributed by atoms with Crippen LogP contribution in [0.1, 0.15) is 11.1 Å². The van der Waals surface area contributed by atoms with E-state index in [1.165, 1.54) is 18.0 Å². The Balaban J connectivity index is 1.69. The quantitative estimate of drug-likeness (QED) is 0.498. The molecule has 2 amide bonds. The van der Waals surface area contributed by atoms with Crippen LogP contribution < -0.4 is 10.1 Å². The largest absolute Gasteiger partial charge is 0.489 e. The second kappa shape index (κ2) is 7.68. The first-order valence-corrected chi connectivity index (χ1v) is 8.55. The molecule has 2 aromatic rings. The van der Waals surface area contributed by atoms with Gasteiger partial charge >= 0.3 is 0 Å². The molecular weight excluding hydrogens is 372 g/mol. The van der Waals surface area contributed by atoms with E-state index in [4.69, 9.17) is 28.6 Å². The molecule has 0 spiro atoms. The summed E-state index contributed by atoms with van der Waals surface area (Å²) in [6.07, 6.45) is 1.53. The number of amides is 2. The molecule has 132 valence electrons. The fourth-order valence-electron chi connectivity index (χ4n) is 2.32. The summed E-state index contributed by atoms with van der Waals surface area (Å²) in [6, 6.07) is 14.5. The van der Waals surface area contributed by atoms with Gasteiger partial charge in [-0.1, -0.05) is 35.9 Å². The second-order valence-corrected chi connectivity index (χ2v) is 6.49. The van der Waals surface area contributed by atoms with E-state index in [9.17, 15) is 9.59 Å². The third-order valence-electron chi connectivity index (χ3n) is 3.81. The van der Waals surface area contributed by atoms with E-state index in [-0.39, 0.29) is 10.7 Å². The zero-order chi connectivity index (χ0) is 18.7. The van der Waals surface area contributed by atoms with Crippen LogP contribution in [0.15, 0.2) is 54.1 Å². The number of carbonyl (C=O) groups is 2. The molecule has 0 aromatic heterocycles. The molecule has 1 heterocycles. The van der Waals surface area contributed by atoms with Crippen LogP contribution in [-0.4, -0.2) is 28.9 Å². The third kappa shape index (κ3) is 4.09. The average molecular weight is 387 g/mol. The monoisotopic (exact) mass is 386 g/mol. The molecule has 0 radical (unpaired) electrons. The van der Waals surface area contributed by atoms with E-state index < -0.39 is 11.8 Å². The molecule has 1 saturated heterocycles. The molecule has 1 N–H and O–H groups in total. The van der Waals surface area contributed by atoms with Crippen molar-refractivity contribution in [3.63, 3.8) is 0 Å². The fourth-order valence-corrected chi connectivity index (χ4v) is 2.62. The molecule has 1 aliphatic rings. The Bertz CT molecular complexity index is 892. The van der Waals surface area contributed by atoms with Gasteiger partial charge in [-0.05, 0) is 53.7 Å². The minimum Gasteiger partial charge on any atom is -0.489 e. The van der Waals surface area contributed by atoms with Crippen molar-refractivity contribution < 1.29 is 14.3 Å². The number of thiocarbonyl (C=S) groups is 1. The Morgan fingerprint density at radius 1 is 1.12 bits per heavy atom. The molecule has 7 heteroatoms. The van der Waals surface area contributed by atoms with Gasteiger partial charge in [-0.3, -0.25) is 19.8 Å². The first-order chi connectivity index (χ1) is 12.4. The van der Waals surface area contributed by atoms with Crippen LogP contribution in [-0.2, 0) is 16.2 Å². The molecule has 0 aliphatic carbocycles. The lowest BCUT2D eigenvalue weighted by Gasteiger charge is -2.25. The van der Waals surface area contributed by atoms with Gasteiger partial charge in [0, 0.05) is 12.1 Å². The molecule has 26 heavy (non-hydrogen) atoms. The minimum atomic E-state index is -0.499. The van der Waals surface area contributed by atoms with Crippen LogP contribution in [0.4, 0.5) is 0 Å². The van der Waals surface area contributed by atoms with Gasteiger partial charge < -0.3 is 4.74 Å². The average Bonchev–Trinajstić information content (AvgIpc) is 2.64. The lowest BCUT2D eigenvalue weighted by Crippen LogP contribution is -2.52. The van der Waals surface area contributed by atoms with Crippen LogP contribution in [0.2, 0.25) is 5.02 Å². The summed E-state index contributed by atoms with van der Waals surface area (Å²) in [7, 11) is 1.52. The lowest BCUT2D eigenvalue weighted by molar-refractivity contribution is -0.128. The van der Waals surface area contributed by atoms with Crippen molar-refractivity contribution in [2.75, 3.05) is 7.05 Å². The maximum atomic E-state index is 12.2. The van der Waals surface area contributed by atoms with Gasteiger partial charge in [0.2, 0.25) is 0 Å². The topological polar surface area (TPSA) is 58.6 Å². The number of nitrogens with one attached hydrogen (secondary N) is 1. The molecule has 5 nitrogen and oxygen atoms in total. The van der Waals surface area contributed by atoms with Crippen LogP contribution in [0.3, 0.4) is 0 Å². The summed E-state index contributed by atoms with van der Waals surface area (Å²) in [5.41, 5.74) is 1.75. The zero-order valence-corrected chi connectivity index (χ0v) is 15.4. The molecule has 1 fully saturated rings. The number of carbonyl (C=O) groups excluding carboxylic acids is 2. The molecule has 2 aromatic carbocycles. The highest BCUT2D eigenvalue weighted by atomic mass is 35.5. The normalized spacial score (nSPS) is 16.0. The minimum absolute atomic E-state index is 0.0379. The third-order valence-corrected chi connectivity index (χ3v) is 4.44. The molecule has 0 bridgehead atoms. The van der Waals surface area contributed by atoms with Gasteiger partial charge in [-0.25, -0.2) is 0 Å². The first kappa shape index (κ1) is 18.1. The maximum Gasteiger partial charge on any atom is 0.265 e. The fraction of sp³-hybridized carbons (Fsp3) is 0.105. The molecule has 3 rings (SSSR count). The number of hydrogen-bond acceptors (Lipinski definition) is 4. The molecule has 0 saturated carbocycles. The van der Waals surface area contributed by atoms with Crippen molar-refractivity contribution in [1.82, 2.24) is 10.2 Å². The van der Waals surface area contributed by atoms with Crippen molar-refractivity contribution >= 4 is 46.8 Å². The van der Waals surface area contributed by atoms with Crippen molar-refractivity contribution in [2.24, 2.45) is 0 Å². The second-order valence-electron chi connectivity index (χ2n) is 5.67. The number of hydrogen-bond donors (Lipinski definition) is 1. The molecule has 1 aliphatic heterocycles. The van der Waals surface area contributed by atoms with Gasteiger partial charge in [0.1, 0.15) is 17.9 Å². The Labute approximate surface area is 161 Å². The smallest absolute Gasteiger partial charge is 0.265 e. The number of benzene rings is 2. The number of ether oxygens (including phenoxy) is 1. The molecule has 0 unspecified atom stereocenters. The maximum absolute atomic E-state index is 12.2. The first-order valence-electron chi connectivity index (χ1n) is 7.76. The lowest BCUT2D eigenvalue weighted by atomic mass is 10.1. The Kier molecular flexibility index (Phi) is 5.35. The van der Waals surface area contributed by atoms with Crippen LogP contribution in [0.5, 0.6) is 5.75 Å². The number of rotatable bonds is 4. The van der Waals surface area contributed by atoms with Gasteiger partial charge in [-0.2, -0.15) is 0 Å². The van der Waals surface area contributed by atoms with E-state index in [2.05, 4.69) is 5.32 Å². The van der Waals surface area contributed by atoms with Gasteiger partial charge in [0.05, 0.1) is 0 Å². The van der Waals surface area contributed by atoms with Gasteiger partial charge in [0.15, 0.2) is 5.11 Å². The molecular formula is C19H15ClN2O3S. The van der Waals surface area contributed by atoms with Crippen molar-refractivity contribution in [1.29, 1.82) is 0 Å². The van der Waals surface area contributed by atoms with Crippen molar-refractivity contribution in [3.8, 4) is 5.75 Å². The SMILES string of the molecule is CN1C(=O)/C(=C/c2ccc(OCc3ccc(Cl)cc3)cc2)C(=O)NC1=S. The predicted octanol–water partition coefficient (Wildman–Crippen LogP) is 3.18. The Morgan fingerprint density at radius 3 is 2.42 bits per heavy atom. The zero-order valence-electron chi connectivity index (χ0n) is 13.9. The van der Waals surface area contributed by atoms with Crippen molar-refractivity contribution in [3.05, 3.63) is 70.3 Å². The summed E-state index contributed by atoms with van der Waals surface area (Å²) in [4.78, 5) is 25.4. The Hall–Kier alpha value is -2.70.